The van der Waals surface area contributed by atoms with Crippen molar-refractivity contribution in [2.45, 2.75) is 0 Å². The quantitative estimate of drug-likeness (QED) is 0.529. The summed E-state index contributed by atoms with van der Waals surface area (Å²) < 4.78 is 5.05. The van der Waals surface area contributed by atoms with Crippen LogP contribution in [0.3, 0.4) is 0 Å². The molecule has 0 aliphatic heterocycles. The van der Waals surface area contributed by atoms with Gasteiger partial charge in [-0.2, -0.15) is 5.10 Å². The van der Waals surface area contributed by atoms with Gasteiger partial charge in [0.15, 0.2) is 6.61 Å². The van der Waals surface area contributed by atoms with Gasteiger partial charge in [0.25, 0.3) is 5.91 Å². The van der Waals surface area contributed by atoms with Crippen molar-refractivity contribution < 1.29 is 19.4 Å². The molecule has 3 aromatic carbocycles. The van der Waals surface area contributed by atoms with Crippen LogP contribution in [0.25, 0.3) is 10.8 Å². The van der Waals surface area contributed by atoms with Crippen molar-refractivity contribution in [2.75, 3.05) is 6.61 Å². The number of nitrogens with one attached hydrogen (secondary N) is 1. The first-order chi connectivity index (χ1) is 12.6. The maximum absolute atomic E-state index is 12.4. The zero-order valence-electron chi connectivity index (χ0n) is 13.8. The monoisotopic (exact) mass is 348 g/mol. The first kappa shape index (κ1) is 17.2. The Morgan fingerprint density at radius 2 is 1.73 bits per heavy atom. The summed E-state index contributed by atoms with van der Waals surface area (Å²) in [6, 6.07) is 19.9. The van der Waals surface area contributed by atoms with E-state index in [9.17, 15) is 9.59 Å². The number of ether oxygens (including phenoxy) is 1. The lowest BCUT2D eigenvalue weighted by molar-refractivity contribution is -0.139. The Kier molecular flexibility index (Phi) is 5.24. The van der Waals surface area contributed by atoms with E-state index in [0.717, 1.165) is 16.3 Å². The summed E-state index contributed by atoms with van der Waals surface area (Å²) in [7, 11) is 0. The maximum atomic E-state index is 12.4. The van der Waals surface area contributed by atoms with E-state index in [1.807, 2.05) is 36.4 Å². The highest BCUT2D eigenvalue weighted by Crippen LogP contribution is 2.18. The Bertz CT molecular complexity index is 960. The summed E-state index contributed by atoms with van der Waals surface area (Å²) in [5.41, 5.74) is 3.81. The summed E-state index contributed by atoms with van der Waals surface area (Å²) in [5.74, 6) is -0.879. The van der Waals surface area contributed by atoms with Crippen molar-refractivity contribution in [1.29, 1.82) is 0 Å². The molecule has 0 heterocycles. The normalized spacial score (nSPS) is 10.8. The van der Waals surface area contributed by atoms with Crippen LogP contribution in [0.15, 0.2) is 71.8 Å². The highest BCUT2D eigenvalue weighted by molar-refractivity contribution is 6.07. The Morgan fingerprint density at radius 1 is 1.00 bits per heavy atom. The Morgan fingerprint density at radius 3 is 2.50 bits per heavy atom. The smallest absolute Gasteiger partial charge is 0.341 e. The molecule has 0 aliphatic rings. The third-order valence-electron chi connectivity index (χ3n) is 3.66. The summed E-state index contributed by atoms with van der Waals surface area (Å²) in [5, 5.41) is 14.4. The molecule has 0 radical (unpaired) electrons. The number of carbonyl (C=O) groups is 2. The van der Waals surface area contributed by atoms with Gasteiger partial charge in [0.1, 0.15) is 5.75 Å². The SMILES string of the molecule is O=C(O)COc1ccc(/C=N/NC(=O)c2cccc3ccccc23)cc1. The van der Waals surface area contributed by atoms with Gasteiger partial charge in [0, 0.05) is 5.56 Å². The molecule has 0 unspecified atom stereocenters. The lowest BCUT2D eigenvalue weighted by atomic mass is 10.0. The molecule has 0 aromatic heterocycles. The molecule has 6 nitrogen and oxygen atoms in total. The van der Waals surface area contributed by atoms with Crippen LogP contribution in [-0.4, -0.2) is 29.8 Å². The number of benzene rings is 3. The van der Waals surface area contributed by atoms with Gasteiger partial charge in [0.05, 0.1) is 6.21 Å². The molecule has 3 rings (SSSR count). The second-order valence-electron chi connectivity index (χ2n) is 5.48. The lowest BCUT2D eigenvalue weighted by Crippen LogP contribution is -2.17. The van der Waals surface area contributed by atoms with E-state index in [1.54, 1.807) is 30.3 Å². The molecule has 0 aliphatic carbocycles. The molecule has 0 bridgehead atoms. The number of fused-ring (bicyclic) bond motifs is 1. The minimum Gasteiger partial charge on any atom is -0.482 e. The van der Waals surface area contributed by atoms with Crippen molar-refractivity contribution in [3.63, 3.8) is 0 Å². The zero-order valence-corrected chi connectivity index (χ0v) is 13.8. The fourth-order valence-corrected chi connectivity index (χ4v) is 2.44. The van der Waals surface area contributed by atoms with Gasteiger partial charge >= 0.3 is 5.97 Å². The van der Waals surface area contributed by atoms with E-state index in [1.165, 1.54) is 6.21 Å². The van der Waals surface area contributed by atoms with Gasteiger partial charge in [-0.05, 0) is 46.7 Å². The van der Waals surface area contributed by atoms with Crippen LogP contribution in [0.5, 0.6) is 5.75 Å². The second kappa shape index (κ2) is 7.94. The van der Waals surface area contributed by atoms with E-state index < -0.39 is 12.6 Å². The predicted octanol–water partition coefficient (Wildman–Crippen LogP) is 3.07. The Balaban J connectivity index is 1.64. The summed E-state index contributed by atoms with van der Waals surface area (Å²) in [6.07, 6.45) is 1.50. The number of nitrogens with zero attached hydrogens (tertiary/aromatic N) is 1. The van der Waals surface area contributed by atoms with E-state index in [4.69, 9.17) is 9.84 Å². The maximum Gasteiger partial charge on any atom is 0.341 e. The predicted molar refractivity (Wildman–Crippen MR) is 98.6 cm³/mol. The average Bonchev–Trinajstić information content (AvgIpc) is 2.66. The van der Waals surface area contributed by atoms with Crippen LogP contribution in [0.4, 0.5) is 0 Å². The molecular weight excluding hydrogens is 332 g/mol. The largest absolute Gasteiger partial charge is 0.482 e. The second-order valence-corrected chi connectivity index (χ2v) is 5.48. The van der Waals surface area contributed by atoms with Crippen LogP contribution < -0.4 is 10.2 Å². The molecule has 3 aromatic rings. The number of rotatable bonds is 6. The van der Waals surface area contributed by atoms with Crippen LogP contribution >= 0.6 is 0 Å². The van der Waals surface area contributed by atoms with Crippen molar-refractivity contribution in [3.8, 4) is 5.75 Å². The Labute approximate surface area is 149 Å². The molecule has 0 saturated heterocycles. The minimum absolute atomic E-state index is 0.292. The minimum atomic E-state index is -1.04. The molecule has 6 heteroatoms. The fourth-order valence-electron chi connectivity index (χ4n) is 2.44. The molecular formula is C20H16N2O4. The number of aliphatic carboxylic acids is 1. The van der Waals surface area contributed by atoms with Gasteiger partial charge in [-0.1, -0.05) is 36.4 Å². The number of amides is 1. The number of hydrogen-bond acceptors (Lipinski definition) is 4. The standard InChI is InChI=1S/C20H16N2O4/c23-19(24)13-26-16-10-8-14(9-11-16)12-21-22-20(25)18-7-3-5-15-4-1-2-6-17(15)18/h1-12H,13H2,(H,22,25)(H,23,24)/b21-12+. The molecule has 2 N–H and O–H groups in total. The molecule has 0 saturated carbocycles. The first-order valence-electron chi connectivity index (χ1n) is 7.89. The number of carbonyl (C=O) groups excluding carboxylic acids is 1. The van der Waals surface area contributed by atoms with Crippen molar-refractivity contribution >= 4 is 28.9 Å². The topological polar surface area (TPSA) is 88.0 Å². The van der Waals surface area contributed by atoms with E-state index in [-0.39, 0.29) is 5.91 Å². The molecule has 0 atom stereocenters. The van der Waals surface area contributed by atoms with Gasteiger partial charge < -0.3 is 9.84 Å². The van der Waals surface area contributed by atoms with E-state index >= 15 is 0 Å². The van der Waals surface area contributed by atoms with Gasteiger partial charge in [-0.15, -0.1) is 0 Å². The van der Waals surface area contributed by atoms with Gasteiger partial charge in [0.2, 0.25) is 0 Å². The van der Waals surface area contributed by atoms with Gasteiger partial charge in [-0.25, -0.2) is 10.2 Å². The highest BCUT2D eigenvalue weighted by atomic mass is 16.5. The molecule has 26 heavy (non-hydrogen) atoms. The third kappa shape index (κ3) is 4.24. The summed E-state index contributed by atoms with van der Waals surface area (Å²) >= 11 is 0. The molecule has 0 spiro atoms. The van der Waals surface area contributed by atoms with E-state index in [2.05, 4.69) is 10.5 Å². The zero-order chi connectivity index (χ0) is 18.4. The van der Waals surface area contributed by atoms with Crippen LogP contribution in [0.1, 0.15) is 15.9 Å². The van der Waals surface area contributed by atoms with Crippen LogP contribution in [0, 0.1) is 0 Å². The summed E-state index contributed by atoms with van der Waals surface area (Å²) in [6.45, 7) is -0.394. The average molecular weight is 348 g/mol. The molecule has 130 valence electrons. The van der Waals surface area contributed by atoms with Crippen LogP contribution in [-0.2, 0) is 4.79 Å². The number of carboxylic acids is 1. The van der Waals surface area contributed by atoms with Crippen molar-refractivity contribution in [3.05, 3.63) is 77.9 Å². The van der Waals surface area contributed by atoms with Crippen molar-refractivity contribution in [2.24, 2.45) is 5.10 Å². The number of hydrazone groups is 1. The third-order valence-corrected chi connectivity index (χ3v) is 3.66. The molecule has 0 fully saturated rings. The number of hydrogen-bond donors (Lipinski definition) is 2. The van der Waals surface area contributed by atoms with E-state index in [0.29, 0.717) is 11.3 Å². The van der Waals surface area contributed by atoms with Crippen molar-refractivity contribution in [1.82, 2.24) is 5.43 Å². The number of carboxylic acid groups (broad SMARTS) is 1. The lowest BCUT2D eigenvalue weighted by Gasteiger charge is -2.05. The highest BCUT2D eigenvalue weighted by Gasteiger charge is 2.08. The summed E-state index contributed by atoms with van der Waals surface area (Å²) in [4.78, 5) is 22.8. The van der Waals surface area contributed by atoms with Crippen LogP contribution in [0.2, 0.25) is 0 Å². The fraction of sp³-hybridized carbons (Fsp3) is 0.0500. The molecule has 1 amide bonds. The Hall–Kier alpha value is -3.67. The van der Waals surface area contributed by atoms with Gasteiger partial charge in [-0.3, -0.25) is 4.79 Å². The first-order valence-corrected chi connectivity index (χ1v) is 7.89.